The average molecular weight is 290 g/mol. The average Bonchev–Trinajstić information content (AvgIpc) is 2.53. The first-order valence-corrected chi connectivity index (χ1v) is 7.18. The number of hydrogen-bond donors (Lipinski definition) is 2. The molecule has 1 aromatic carbocycles. The molecule has 3 N–H and O–H groups in total. The summed E-state index contributed by atoms with van der Waals surface area (Å²) in [5.41, 5.74) is 6.27. The van der Waals surface area contributed by atoms with Crippen molar-refractivity contribution in [2.75, 3.05) is 46.0 Å². The number of nitrogens with zero attached hydrogens (tertiary/aromatic N) is 1. The molecule has 0 amide bonds. The second-order valence-electron chi connectivity index (χ2n) is 4.86. The van der Waals surface area contributed by atoms with Crippen LogP contribution in [0.25, 0.3) is 0 Å². The summed E-state index contributed by atoms with van der Waals surface area (Å²) < 4.78 is 11.2. The van der Waals surface area contributed by atoms with Crippen molar-refractivity contribution in [3.63, 3.8) is 0 Å². The molecule has 0 radical (unpaired) electrons. The van der Waals surface area contributed by atoms with Crippen molar-refractivity contribution >= 4 is 0 Å². The lowest BCUT2D eigenvalue weighted by atomic mass is 10.2. The zero-order chi connectivity index (χ0) is 14.9. The molecule has 2 rings (SSSR count). The highest BCUT2D eigenvalue weighted by molar-refractivity contribution is 5.39. The Kier molecular flexibility index (Phi) is 6.51. The van der Waals surface area contributed by atoms with Crippen molar-refractivity contribution in [2.45, 2.75) is 6.10 Å². The molecule has 1 aliphatic heterocycles. The van der Waals surface area contributed by atoms with Crippen molar-refractivity contribution in [3.05, 3.63) is 29.8 Å². The number of morpholine rings is 1. The Labute approximate surface area is 125 Å². The number of ether oxygens (including phenoxy) is 2. The summed E-state index contributed by atoms with van der Waals surface area (Å²) in [7, 11) is 0. The maximum Gasteiger partial charge on any atom is 0.120 e. The predicted molar refractivity (Wildman–Crippen MR) is 81.1 cm³/mol. The largest absolute Gasteiger partial charge is 0.492 e. The van der Waals surface area contributed by atoms with Crippen molar-refractivity contribution in [2.24, 2.45) is 5.73 Å². The van der Waals surface area contributed by atoms with E-state index in [1.165, 1.54) is 0 Å². The summed E-state index contributed by atoms with van der Waals surface area (Å²) in [6.07, 6.45) is -0.0754. The van der Waals surface area contributed by atoms with E-state index < -0.39 is 0 Å². The van der Waals surface area contributed by atoms with Crippen LogP contribution >= 0.6 is 0 Å². The first kappa shape index (κ1) is 15.8. The summed E-state index contributed by atoms with van der Waals surface area (Å²) in [4.78, 5) is 2.24. The minimum Gasteiger partial charge on any atom is -0.492 e. The molecule has 1 heterocycles. The van der Waals surface area contributed by atoms with Gasteiger partial charge in [0.05, 0.1) is 25.9 Å². The van der Waals surface area contributed by atoms with E-state index in [0.717, 1.165) is 30.9 Å². The van der Waals surface area contributed by atoms with E-state index in [4.69, 9.17) is 20.3 Å². The van der Waals surface area contributed by atoms with Gasteiger partial charge in [-0.1, -0.05) is 17.9 Å². The van der Waals surface area contributed by atoms with Crippen LogP contribution in [0.15, 0.2) is 24.3 Å². The summed E-state index contributed by atoms with van der Waals surface area (Å²) >= 11 is 0. The number of aliphatic hydroxyl groups excluding tert-OH is 1. The topological polar surface area (TPSA) is 68.0 Å². The van der Waals surface area contributed by atoms with Gasteiger partial charge in [-0.05, 0) is 18.2 Å². The van der Waals surface area contributed by atoms with Gasteiger partial charge in [0, 0.05) is 25.2 Å². The third-order valence-electron chi connectivity index (χ3n) is 3.27. The summed E-state index contributed by atoms with van der Waals surface area (Å²) in [6, 6.07) is 7.69. The lowest BCUT2D eigenvalue weighted by Gasteiger charge is -2.31. The van der Waals surface area contributed by atoms with E-state index in [1.807, 2.05) is 24.3 Å². The van der Waals surface area contributed by atoms with Crippen LogP contribution in [0, 0.1) is 11.8 Å². The second-order valence-corrected chi connectivity index (χ2v) is 4.86. The molecule has 1 aromatic rings. The molecule has 0 saturated carbocycles. The molecule has 1 fully saturated rings. The SMILES string of the molecule is NCC#Cc1cccc(OCCN2CCOC(CO)C2)c1. The molecule has 0 aliphatic carbocycles. The number of benzene rings is 1. The first-order chi connectivity index (χ1) is 10.3. The zero-order valence-corrected chi connectivity index (χ0v) is 12.1. The van der Waals surface area contributed by atoms with Gasteiger partial charge in [0.2, 0.25) is 0 Å². The van der Waals surface area contributed by atoms with Gasteiger partial charge >= 0.3 is 0 Å². The lowest BCUT2D eigenvalue weighted by Crippen LogP contribution is -2.45. The molecule has 0 aromatic heterocycles. The maximum absolute atomic E-state index is 9.11. The molecule has 21 heavy (non-hydrogen) atoms. The Morgan fingerprint density at radius 2 is 2.38 bits per heavy atom. The van der Waals surface area contributed by atoms with E-state index in [2.05, 4.69) is 16.7 Å². The molecule has 1 unspecified atom stereocenters. The monoisotopic (exact) mass is 290 g/mol. The van der Waals surface area contributed by atoms with Crippen LogP contribution in [0.4, 0.5) is 0 Å². The van der Waals surface area contributed by atoms with E-state index in [-0.39, 0.29) is 12.7 Å². The van der Waals surface area contributed by atoms with Crippen LogP contribution < -0.4 is 10.5 Å². The van der Waals surface area contributed by atoms with Crippen molar-refractivity contribution in [1.29, 1.82) is 0 Å². The minimum atomic E-state index is -0.0754. The molecule has 1 saturated heterocycles. The lowest BCUT2D eigenvalue weighted by molar-refractivity contribution is -0.0547. The highest BCUT2D eigenvalue weighted by atomic mass is 16.5. The molecule has 114 valence electrons. The second kappa shape index (κ2) is 8.65. The maximum atomic E-state index is 9.11. The Balaban J connectivity index is 1.78. The van der Waals surface area contributed by atoms with Gasteiger partial charge in [0.15, 0.2) is 0 Å². The fourth-order valence-electron chi connectivity index (χ4n) is 2.20. The van der Waals surface area contributed by atoms with E-state index in [0.29, 0.717) is 19.8 Å². The van der Waals surface area contributed by atoms with Crippen LogP contribution in [0.3, 0.4) is 0 Å². The van der Waals surface area contributed by atoms with Gasteiger partial charge in [-0.25, -0.2) is 0 Å². The first-order valence-electron chi connectivity index (χ1n) is 7.18. The fourth-order valence-corrected chi connectivity index (χ4v) is 2.20. The van der Waals surface area contributed by atoms with Crippen LogP contribution in [0.1, 0.15) is 5.56 Å². The Morgan fingerprint density at radius 1 is 1.48 bits per heavy atom. The Morgan fingerprint density at radius 3 is 3.19 bits per heavy atom. The summed E-state index contributed by atoms with van der Waals surface area (Å²) in [6.45, 7) is 4.14. The predicted octanol–water partition coefficient (Wildman–Crippen LogP) is 0.0687. The zero-order valence-electron chi connectivity index (χ0n) is 12.1. The van der Waals surface area contributed by atoms with Crippen LogP contribution in [-0.4, -0.2) is 62.1 Å². The number of aliphatic hydroxyl groups is 1. The summed E-state index contributed by atoms with van der Waals surface area (Å²) in [5, 5.41) is 9.11. The van der Waals surface area contributed by atoms with Crippen molar-refractivity contribution < 1.29 is 14.6 Å². The van der Waals surface area contributed by atoms with E-state index >= 15 is 0 Å². The smallest absolute Gasteiger partial charge is 0.120 e. The minimum absolute atomic E-state index is 0.0687. The third-order valence-corrected chi connectivity index (χ3v) is 3.27. The van der Waals surface area contributed by atoms with Crippen LogP contribution in [-0.2, 0) is 4.74 Å². The molecular formula is C16H22N2O3. The van der Waals surface area contributed by atoms with Gasteiger partial charge < -0.3 is 20.3 Å². The highest BCUT2D eigenvalue weighted by Gasteiger charge is 2.19. The third kappa shape index (κ3) is 5.37. The normalized spacial score (nSPS) is 18.9. The quantitative estimate of drug-likeness (QED) is 0.751. The Bertz CT molecular complexity index is 496. The standard InChI is InChI=1S/C16H22N2O3/c17-6-2-4-14-3-1-5-15(11-14)20-9-7-18-8-10-21-16(12-18)13-19/h1,3,5,11,16,19H,6-10,12-13,17H2. The molecule has 0 spiro atoms. The van der Waals surface area contributed by atoms with Crippen LogP contribution in [0.5, 0.6) is 5.75 Å². The van der Waals surface area contributed by atoms with E-state index in [9.17, 15) is 0 Å². The van der Waals surface area contributed by atoms with Crippen LogP contribution in [0.2, 0.25) is 0 Å². The van der Waals surface area contributed by atoms with Crippen molar-refractivity contribution in [1.82, 2.24) is 4.90 Å². The molecule has 5 heteroatoms. The number of hydrogen-bond acceptors (Lipinski definition) is 5. The number of nitrogens with two attached hydrogens (primary N) is 1. The Hall–Kier alpha value is -1.58. The summed E-state index contributed by atoms with van der Waals surface area (Å²) in [5.74, 6) is 6.63. The van der Waals surface area contributed by atoms with Crippen molar-refractivity contribution in [3.8, 4) is 17.6 Å². The van der Waals surface area contributed by atoms with E-state index in [1.54, 1.807) is 0 Å². The van der Waals surface area contributed by atoms with Gasteiger partial charge in [0.25, 0.3) is 0 Å². The van der Waals surface area contributed by atoms with Gasteiger partial charge in [0.1, 0.15) is 12.4 Å². The molecule has 5 nitrogen and oxygen atoms in total. The van der Waals surface area contributed by atoms with Gasteiger partial charge in [-0.3, -0.25) is 4.90 Å². The molecule has 1 aliphatic rings. The van der Waals surface area contributed by atoms with Gasteiger partial charge in [-0.15, -0.1) is 0 Å². The fraction of sp³-hybridized carbons (Fsp3) is 0.500. The molecule has 0 bridgehead atoms. The molecule has 1 atom stereocenters. The molecular weight excluding hydrogens is 268 g/mol. The highest BCUT2D eigenvalue weighted by Crippen LogP contribution is 2.13. The number of rotatable bonds is 5. The van der Waals surface area contributed by atoms with Gasteiger partial charge in [-0.2, -0.15) is 0 Å².